The number of aromatic nitrogens is 3. The predicted molar refractivity (Wildman–Crippen MR) is 105 cm³/mol. The minimum Gasteiger partial charge on any atom is -0.291 e. The molecule has 0 saturated heterocycles. The van der Waals surface area contributed by atoms with E-state index in [-0.39, 0.29) is 22.8 Å². The molecule has 0 spiro atoms. The van der Waals surface area contributed by atoms with Gasteiger partial charge in [0.05, 0.1) is 27.2 Å². The van der Waals surface area contributed by atoms with Crippen LogP contribution in [0, 0.1) is 6.92 Å². The lowest BCUT2D eigenvalue weighted by Crippen LogP contribution is -2.26. The topological polar surface area (TPSA) is 73.4 Å². The maximum atomic E-state index is 13.0. The van der Waals surface area contributed by atoms with Gasteiger partial charge in [-0.25, -0.2) is 12.9 Å². The first-order valence-corrected chi connectivity index (χ1v) is 10.4. The molecule has 2 aromatic carbocycles. The van der Waals surface area contributed by atoms with Crippen LogP contribution in [-0.4, -0.2) is 28.4 Å². The first-order chi connectivity index (χ1) is 12.9. The van der Waals surface area contributed by atoms with Crippen LogP contribution in [0.25, 0.3) is 16.6 Å². The Hall–Kier alpha value is -2.64. The molecule has 2 aromatic heterocycles. The number of benzene rings is 2. The molecule has 0 radical (unpaired) electrons. The van der Waals surface area contributed by atoms with Gasteiger partial charge in [-0.3, -0.25) is 9.36 Å². The third-order valence-electron chi connectivity index (χ3n) is 4.45. The summed E-state index contributed by atoms with van der Waals surface area (Å²) in [6.45, 7) is 1.87. The molecule has 0 atom stereocenters. The Morgan fingerprint density at radius 2 is 1.78 bits per heavy atom. The fourth-order valence-corrected chi connectivity index (χ4v) is 4.47. The highest BCUT2D eigenvalue weighted by Gasteiger charge is 2.18. The van der Waals surface area contributed by atoms with E-state index in [1.165, 1.54) is 28.8 Å². The number of nitrogens with zero attached hydrogens (tertiary/aromatic N) is 3. The van der Waals surface area contributed by atoms with Crippen LogP contribution < -0.4 is 5.56 Å². The van der Waals surface area contributed by atoms with Gasteiger partial charge in [0.15, 0.2) is 9.84 Å². The summed E-state index contributed by atoms with van der Waals surface area (Å²) in [6.07, 6.45) is 0. The third kappa shape index (κ3) is 3.13. The predicted octanol–water partition coefficient (Wildman–Crippen LogP) is 3.08. The SMILES string of the molecule is Cc1cc2n(CCS(=O)(=O)c3ccc(Cl)cc3)c(=O)c3ccccc3n2n1. The fourth-order valence-electron chi connectivity index (χ4n) is 3.13. The number of hydrogen-bond donors (Lipinski definition) is 0. The second-order valence-electron chi connectivity index (χ2n) is 6.30. The minimum atomic E-state index is -3.56. The minimum absolute atomic E-state index is 0.0310. The number of rotatable bonds is 4. The molecule has 138 valence electrons. The molecule has 6 nitrogen and oxygen atoms in total. The Labute approximate surface area is 160 Å². The van der Waals surface area contributed by atoms with Crippen molar-refractivity contribution in [2.45, 2.75) is 18.4 Å². The molecule has 0 aliphatic rings. The van der Waals surface area contributed by atoms with E-state index in [0.29, 0.717) is 21.6 Å². The molecule has 0 fully saturated rings. The Morgan fingerprint density at radius 3 is 2.52 bits per heavy atom. The standard InChI is InChI=1S/C19H16ClN3O3S/c1-13-12-18-22(10-11-27(25,26)15-8-6-14(20)7-9-15)19(24)16-4-2-3-5-17(16)23(18)21-13/h2-9,12H,10-11H2,1H3. The van der Waals surface area contributed by atoms with Gasteiger partial charge in [0.2, 0.25) is 0 Å². The average Bonchev–Trinajstić information content (AvgIpc) is 3.03. The van der Waals surface area contributed by atoms with Gasteiger partial charge in [0.25, 0.3) is 5.56 Å². The quantitative estimate of drug-likeness (QED) is 0.526. The van der Waals surface area contributed by atoms with Crippen molar-refractivity contribution >= 4 is 38.0 Å². The van der Waals surface area contributed by atoms with Crippen LogP contribution in [0.1, 0.15) is 5.69 Å². The molecule has 4 rings (SSSR count). The van der Waals surface area contributed by atoms with Crippen molar-refractivity contribution in [3.05, 3.63) is 75.7 Å². The highest BCUT2D eigenvalue weighted by Crippen LogP contribution is 2.17. The zero-order valence-electron chi connectivity index (χ0n) is 14.5. The smallest absolute Gasteiger partial charge is 0.261 e. The molecule has 0 aliphatic carbocycles. The normalized spacial score (nSPS) is 12.1. The van der Waals surface area contributed by atoms with Gasteiger partial charge in [-0.2, -0.15) is 5.10 Å². The maximum absolute atomic E-state index is 13.0. The number of para-hydroxylation sites is 1. The van der Waals surface area contributed by atoms with E-state index in [2.05, 4.69) is 5.10 Å². The Morgan fingerprint density at radius 1 is 1.07 bits per heavy atom. The van der Waals surface area contributed by atoms with Gasteiger partial charge in [-0.05, 0) is 43.3 Å². The van der Waals surface area contributed by atoms with E-state index >= 15 is 0 Å². The summed E-state index contributed by atoms with van der Waals surface area (Å²) in [6, 6.07) is 15.0. The second-order valence-corrected chi connectivity index (χ2v) is 8.85. The van der Waals surface area contributed by atoms with Gasteiger partial charge < -0.3 is 0 Å². The zero-order valence-corrected chi connectivity index (χ0v) is 16.0. The zero-order chi connectivity index (χ0) is 19.2. The Kier molecular flexibility index (Phi) is 4.28. The van der Waals surface area contributed by atoms with Crippen molar-refractivity contribution in [1.82, 2.24) is 14.2 Å². The van der Waals surface area contributed by atoms with E-state index in [1.807, 2.05) is 19.1 Å². The van der Waals surface area contributed by atoms with Crippen molar-refractivity contribution in [2.75, 3.05) is 5.75 Å². The molecule has 0 saturated carbocycles. The fraction of sp³-hybridized carbons (Fsp3) is 0.158. The molecule has 8 heteroatoms. The highest BCUT2D eigenvalue weighted by atomic mass is 35.5. The molecule has 0 aliphatic heterocycles. The van der Waals surface area contributed by atoms with E-state index in [4.69, 9.17) is 11.6 Å². The molecule has 0 unspecified atom stereocenters. The first-order valence-electron chi connectivity index (χ1n) is 8.33. The lowest BCUT2D eigenvalue weighted by Gasteiger charge is -2.11. The summed E-state index contributed by atoms with van der Waals surface area (Å²) in [4.78, 5) is 13.1. The van der Waals surface area contributed by atoms with Crippen molar-refractivity contribution in [2.24, 2.45) is 0 Å². The molecule has 4 aromatic rings. The highest BCUT2D eigenvalue weighted by molar-refractivity contribution is 7.91. The van der Waals surface area contributed by atoms with Crippen LogP contribution in [0.15, 0.2) is 64.3 Å². The van der Waals surface area contributed by atoms with Crippen molar-refractivity contribution in [3.63, 3.8) is 0 Å². The first kappa shape index (κ1) is 17.8. The largest absolute Gasteiger partial charge is 0.291 e. The molecule has 0 N–H and O–H groups in total. The summed E-state index contributed by atoms with van der Waals surface area (Å²) in [5.41, 5.74) is 1.79. The van der Waals surface area contributed by atoms with Crippen LogP contribution in [0.2, 0.25) is 5.02 Å². The van der Waals surface area contributed by atoms with Gasteiger partial charge in [-0.1, -0.05) is 23.7 Å². The van der Waals surface area contributed by atoms with Crippen LogP contribution in [0.5, 0.6) is 0 Å². The summed E-state index contributed by atoms with van der Waals surface area (Å²) in [5.74, 6) is -0.202. The summed E-state index contributed by atoms with van der Waals surface area (Å²) >= 11 is 5.83. The Bertz CT molecular complexity index is 1320. The third-order valence-corrected chi connectivity index (χ3v) is 6.42. The second kappa shape index (κ2) is 6.51. The summed E-state index contributed by atoms with van der Waals surface area (Å²) < 4.78 is 28.5. The summed E-state index contributed by atoms with van der Waals surface area (Å²) in [7, 11) is -3.56. The molecular weight excluding hydrogens is 386 g/mol. The van der Waals surface area contributed by atoms with Crippen molar-refractivity contribution in [1.29, 1.82) is 0 Å². The van der Waals surface area contributed by atoms with Gasteiger partial charge in [0, 0.05) is 17.6 Å². The number of halogens is 1. The van der Waals surface area contributed by atoms with E-state index < -0.39 is 9.84 Å². The van der Waals surface area contributed by atoms with E-state index in [9.17, 15) is 13.2 Å². The number of sulfone groups is 1. The molecule has 0 amide bonds. The van der Waals surface area contributed by atoms with E-state index in [1.54, 1.807) is 22.7 Å². The van der Waals surface area contributed by atoms with Crippen LogP contribution in [0.4, 0.5) is 0 Å². The van der Waals surface area contributed by atoms with Gasteiger partial charge in [0.1, 0.15) is 5.65 Å². The maximum Gasteiger partial charge on any atom is 0.261 e. The average molecular weight is 402 g/mol. The number of hydrogen-bond acceptors (Lipinski definition) is 4. The van der Waals surface area contributed by atoms with Crippen LogP contribution >= 0.6 is 11.6 Å². The van der Waals surface area contributed by atoms with Gasteiger partial charge in [-0.15, -0.1) is 0 Å². The number of aryl methyl sites for hydroxylation is 2. The molecule has 0 bridgehead atoms. The number of fused-ring (bicyclic) bond motifs is 3. The van der Waals surface area contributed by atoms with Gasteiger partial charge >= 0.3 is 0 Å². The van der Waals surface area contributed by atoms with Crippen LogP contribution in [0.3, 0.4) is 0 Å². The molecular formula is C19H16ClN3O3S. The lowest BCUT2D eigenvalue weighted by atomic mass is 10.2. The van der Waals surface area contributed by atoms with Crippen molar-refractivity contribution < 1.29 is 8.42 Å². The Balaban J connectivity index is 1.80. The lowest BCUT2D eigenvalue weighted by molar-refractivity contribution is 0.588. The summed E-state index contributed by atoms with van der Waals surface area (Å²) in [5, 5.41) is 5.41. The van der Waals surface area contributed by atoms with E-state index in [0.717, 1.165) is 5.69 Å². The van der Waals surface area contributed by atoms with Crippen LogP contribution in [-0.2, 0) is 16.4 Å². The monoisotopic (exact) mass is 401 g/mol. The molecule has 2 heterocycles. The van der Waals surface area contributed by atoms with Crippen molar-refractivity contribution in [3.8, 4) is 0 Å². The molecule has 27 heavy (non-hydrogen) atoms.